The van der Waals surface area contributed by atoms with Crippen molar-refractivity contribution in [3.8, 4) is 0 Å². The lowest BCUT2D eigenvalue weighted by Gasteiger charge is -2.31. The van der Waals surface area contributed by atoms with E-state index in [0.29, 0.717) is 12.0 Å². The fraction of sp³-hybridized carbons (Fsp3) is 0.750. The summed E-state index contributed by atoms with van der Waals surface area (Å²) in [7, 11) is 4.20. The van der Waals surface area contributed by atoms with Crippen LogP contribution in [-0.2, 0) is 6.54 Å². The molecule has 120 valence electrons. The Kier molecular flexibility index (Phi) is 7.61. The molecule has 5 heteroatoms. The number of rotatable bonds is 9. The number of nitrogens with zero attached hydrogens (tertiary/aromatic N) is 4. The maximum Gasteiger partial charge on any atom is 0.147 e. The molecule has 0 aliphatic heterocycles. The van der Waals surface area contributed by atoms with Gasteiger partial charge >= 0.3 is 0 Å². The SMILES string of the molecule is CCN(c1cncc(CNCC(C)C)n1)C(C)CN(C)C. The molecule has 21 heavy (non-hydrogen) atoms. The molecule has 1 atom stereocenters. The summed E-state index contributed by atoms with van der Waals surface area (Å²) in [4.78, 5) is 13.6. The van der Waals surface area contributed by atoms with Gasteiger partial charge in [0.15, 0.2) is 0 Å². The van der Waals surface area contributed by atoms with E-state index in [1.54, 1.807) is 0 Å². The third-order valence-corrected chi connectivity index (χ3v) is 3.33. The molecule has 0 saturated carbocycles. The molecule has 0 aliphatic rings. The van der Waals surface area contributed by atoms with Gasteiger partial charge in [-0.15, -0.1) is 0 Å². The third kappa shape index (κ3) is 6.40. The van der Waals surface area contributed by atoms with Gasteiger partial charge in [-0.05, 0) is 40.4 Å². The fourth-order valence-corrected chi connectivity index (χ4v) is 2.43. The van der Waals surface area contributed by atoms with Crippen molar-refractivity contribution in [2.45, 2.75) is 40.3 Å². The number of nitrogens with one attached hydrogen (secondary N) is 1. The predicted molar refractivity (Wildman–Crippen MR) is 89.6 cm³/mol. The summed E-state index contributed by atoms with van der Waals surface area (Å²) in [5, 5.41) is 3.42. The molecule has 0 aromatic carbocycles. The highest BCUT2D eigenvalue weighted by Crippen LogP contribution is 2.13. The minimum absolute atomic E-state index is 0.415. The van der Waals surface area contributed by atoms with Crippen molar-refractivity contribution >= 4 is 5.82 Å². The van der Waals surface area contributed by atoms with E-state index < -0.39 is 0 Å². The third-order valence-electron chi connectivity index (χ3n) is 3.33. The first-order valence-electron chi connectivity index (χ1n) is 7.87. The molecular weight excluding hydrogens is 262 g/mol. The van der Waals surface area contributed by atoms with Crippen LogP contribution in [0.15, 0.2) is 12.4 Å². The molecule has 0 spiro atoms. The Morgan fingerprint density at radius 3 is 2.48 bits per heavy atom. The lowest BCUT2D eigenvalue weighted by atomic mass is 10.2. The van der Waals surface area contributed by atoms with Crippen molar-refractivity contribution in [1.29, 1.82) is 0 Å². The van der Waals surface area contributed by atoms with E-state index in [9.17, 15) is 0 Å². The van der Waals surface area contributed by atoms with E-state index >= 15 is 0 Å². The van der Waals surface area contributed by atoms with Gasteiger partial charge < -0.3 is 15.1 Å². The minimum atomic E-state index is 0.415. The van der Waals surface area contributed by atoms with Gasteiger partial charge in [0.2, 0.25) is 0 Å². The first-order valence-corrected chi connectivity index (χ1v) is 7.87. The Morgan fingerprint density at radius 2 is 1.90 bits per heavy atom. The van der Waals surface area contributed by atoms with Crippen LogP contribution in [0.25, 0.3) is 0 Å². The van der Waals surface area contributed by atoms with E-state index in [-0.39, 0.29) is 0 Å². The van der Waals surface area contributed by atoms with Gasteiger partial charge in [-0.1, -0.05) is 13.8 Å². The van der Waals surface area contributed by atoms with Crippen LogP contribution >= 0.6 is 0 Å². The van der Waals surface area contributed by atoms with Gasteiger partial charge in [-0.25, -0.2) is 4.98 Å². The van der Waals surface area contributed by atoms with Gasteiger partial charge in [-0.2, -0.15) is 0 Å². The molecule has 0 aliphatic carbocycles. The average molecular weight is 293 g/mol. The summed E-state index contributed by atoms with van der Waals surface area (Å²) in [6.07, 6.45) is 3.71. The van der Waals surface area contributed by atoms with E-state index in [1.807, 2.05) is 12.4 Å². The zero-order valence-electron chi connectivity index (χ0n) is 14.4. The molecule has 5 nitrogen and oxygen atoms in total. The molecule has 1 N–H and O–H groups in total. The molecule has 1 aromatic rings. The summed E-state index contributed by atoms with van der Waals surface area (Å²) in [6, 6.07) is 0.415. The van der Waals surface area contributed by atoms with Crippen LogP contribution in [0.2, 0.25) is 0 Å². The molecule has 1 unspecified atom stereocenters. The maximum atomic E-state index is 4.75. The molecule has 0 bridgehead atoms. The van der Waals surface area contributed by atoms with Crippen LogP contribution in [0.4, 0.5) is 5.82 Å². The Balaban J connectivity index is 2.71. The second-order valence-corrected chi connectivity index (χ2v) is 6.29. The van der Waals surface area contributed by atoms with Gasteiger partial charge in [-0.3, -0.25) is 4.98 Å². The molecule has 0 fully saturated rings. The topological polar surface area (TPSA) is 44.3 Å². The number of anilines is 1. The van der Waals surface area contributed by atoms with Gasteiger partial charge in [0.25, 0.3) is 0 Å². The second-order valence-electron chi connectivity index (χ2n) is 6.29. The fourth-order valence-electron chi connectivity index (χ4n) is 2.43. The van der Waals surface area contributed by atoms with Crippen molar-refractivity contribution in [1.82, 2.24) is 20.2 Å². The van der Waals surface area contributed by atoms with E-state index in [2.05, 4.69) is 61.9 Å². The lowest BCUT2D eigenvalue weighted by Crippen LogP contribution is -2.40. The molecule has 1 heterocycles. The Labute approximate surface area is 129 Å². The summed E-state index contributed by atoms with van der Waals surface area (Å²) < 4.78 is 0. The largest absolute Gasteiger partial charge is 0.352 e. The van der Waals surface area contributed by atoms with Crippen LogP contribution in [0, 0.1) is 5.92 Å². The van der Waals surface area contributed by atoms with E-state index in [1.165, 1.54) is 0 Å². The number of likely N-dealkylation sites (N-methyl/N-ethyl adjacent to an activating group) is 2. The average Bonchev–Trinajstić information content (AvgIpc) is 2.38. The van der Waals surface area contributed by atoms with Crippen LogP contribution in [0.3, 0.4) is 0 Å². The molecule has 0 saturated heterocycles. The zero-order valence-corrected chi connectivity index (χ0v) is 14.4. The van der Waals surface area contributed by atoms with Crippen molar-refractivity contribution in [2.24, 2.45) is 5.92 Å². The second kappa shape index (κ2) is 8.95. The summed E-state index contributed by atoms with van der Waals surface area (Å²) in [5.74, 6) is 1.61. The number of hydrogen-bond donors (Lipinski definition) is 1. The minimum Gasteiger partial charge on any atom is -0.352 e. The van der Waals surface area contributed by atoms with Crippen molar-refractivity contribution in [3.63, 3.8) is 0 Å². The van der Waals surface area contributed by atoms with Crippen molar-refractivity contribution in [2.75, 3.05) is 38.6 Å². The Bertz CT molecular complexity index is 405. The van der Waals surface area contributed by atoms with E-state index in [4.69, 9.17) is 4.98 Å². The number of hydrogen-bond acceptors (Lipinski definition) is 5. The predicted octanol–water partition coefficient (Wildman–Crippen LogP) is 2.00. The van der Waals surface area contributed by atoms with Crippen LogP contribution in [-0.4, -0.2) is 54.6 Å². The highest BCUT2D eigenvalue weighted by Gasteiger charge is 2.15. The normalized spacial score (nSPS) is 13.0. The number of aromatic nitrogens is 2. The van der Waals surface area contributed by atoms with Crippen LogP contribution in [0.1, 0.15) is 33.4 Å². The van der Waals surface area contributed by atoms with Gasteiger partial charge in [0, 0.05) is 31.9 Å². The highest BCUT2D eigenvalue weighted by molar-refractivity contribution is 5.37. The first kappa shape index (κ1) is 17.9. The lowest BCUT2D eigenvalue weighted by molar-refractivity contribution is 0.372. The maximum absolute atomic E-state index is 4.75. The standard InChI is InChI=1S/C16H31N5/c1-7-21(14(4)12-20(5)6)16-11-18-10-15(19-16)9-17-8-13(2)3/h10-11,13-14,17H,7-9,12H2,1-6H3. The first-order chi connectivity index (χ1) is 9.93. The molecule has 1 aromatic heterocycles. The Hall–Kier alpha value is -1.20. The summed E-state index contributed by atoms with van der Waals surface area (Å²) in [5.41, 5.74) is 1.00. The Morgan fingerprint density at radius 1 is 1.19 bits per heavy atom. The smallest absolute Gasteiger partial charge is 0.147 e. The van der Waals surface area contributed by atoms with Crippen molar-refractivity contribution < 1.29 is 0 Å². The summed E-state index contributed by atoms with van der Waals surface area (Å²) in [6.45, 7) is 12.5. The van der Waals surface area contributed by atoms with Gasteiger partial charge in [0.1, 0.15) is 5.82 Å². The monoisotopic (exact) mass is 293 g/mol. The quantitative estimate of drug-likeness (QED) is 0.754. The van der Waals surface area contributed by atoms with Gasteiger partial charge in [0.05, 0.1) is 11.9 Å². The van der Waals surface area contributed by atoms with E-state index in [0.717, 1.165) is 37.7 Å². The molecule has 0 radical (unpaired) electrons. The van der Waals surface area contributed by atoms with Crippen molar-refractivity contribution in [3.05, 3.63) is 18.1 Å². The highest BCUT2D eigenvalue weighted by atomic mass is 15.2. The van der Waals surface area contributed by atoms with Crippen LogP contribution < -0.4 is 10.2 Å². The molecule has 1 rings (SSSR count). The zero-order chi connectivity index (χ0) is 15.8. The van der Waals surface area contributed by atoms with Crippen LogP contribution in [0.5, 0.6) is 0 Å². The molecule has 0 amide bonds. The summed E-state index contributed by atoms with van der Waals surface area (Å²) >= 11 is 0. The molecular formula is C16H31N5.